The molecule has 0 bridgehead atoms. The highest BCUT2D eigenvalue weighted by Crippen LogP contribution is 1.95. The van der Waals surface area contributed by atoms with E-state index in [-0.39, 0.29) is 11.6 Å². The van der Waals surface area contributed by atoms with E-state index in [4.69, 9.17) is 5.11 Å². The Bertz CT molecular complexity index is 543. The molecule has 2 heterocycles. The molecule has 7 heteroatoms. The molecule has 0 aliphatic heterocycles. The number of rotatable bonds is 2. The molecular formula is C8H6N4O3. The third kappa shape index (κ3) is 1.62. The average Bonchev–Trinajstić information content (AvgIpc) is 2.62. The average molecular weight is 206 g/mol. The highest BCUT2D eigenvalue weighted by molar-refractivity contribution is 5.85. The lowest BCUT2D eigenvalue weighted by Gasteiger charge is -1.96. The zero-order valence-electron chi connectivity index (χ0n) is 7.41. The first kappa shape index (κ1) is 9.13. The van der Waals surface area contributed by atoms with E-state index in [0.29, 0.717) is 0 Å². The molecule has 0 saturated heterocycles. The molecule has 15 heavy (non-hydrogen) atoms. The molecule has 0 aliphatic rings. The number of aromatic nitrogens is 4. The standard InChI is InChI=1S/C8H6N4O3/c13-6-4-5(7(14)15)11-12(6)8-9-2-1-3-10-8/h1-4,11H,(H,14,15). The van der Waals surface area contributed by atoms with E-state index < -0.39 is 11.5 Å². The van der Waals surface area contributed by atoms with Crippen LogP contribution in [0.5, 0.6) is 0 Å². The van der Waals surface area contributed by atoms with Crippen LogP contribution in [0.1, 0.15) is 10.5 Å². The first-order valence-electron chi connectivity index (χ1n) is 4.01. The molecule has 0 fully saturated rings. The Balaban J connectivity index is 2.55. The number of aromatic carboxylic acids is 1. The molecule has 0 amide bonds. The smallest absolute Gasteiger partial charge is 0.353 e. The first-order valence-corrected chi connectivity index (χ1v) is 4.01. The van der Waals surface area contributed by atoms with Crippen molar-refractivity contribution >= 4 is 5.97 Å². The Morgan fingerprint density at radius 1 is 1.40 bits per heavy atom. The molecule has 0 saturated carbocycles. The Kier molecular flexibility index (Phi) is 2.05. The van der Waals surface area contributed by atoms with Gasteiger partial charge >= 0.3 is 5.97 Å². The number of hydrogen-bond donors (Lipinski definition) is 2. The minimum atomic E-state index is -1.21. The van der Waals surface area contributed by atoms with Crippen LogP contribution in [0.3, 0.4) is 0 Å². The van der Waals surface area contributed by atoms with Crippen LogP contribution in [0.15, 0.2) is 29.3 Å². The zero-order chi connectivity index (χ0) is 10.8. The van der Waals surface area contributed by atoms with Gasteiger partial charge < -0.3 is 5.11 Å². The zero-order valence-corrected chi connectivity index (χ0v) is 7.41. The van der Waals surface area contributed by atoms with Gasteiger partial charge in [-0.1, -0.05) is 0 Å². The molecule has 2 aromatic heterocycles. The van der Waals surface area contributed by atoms with Crippen LogP contribution in [-0.2, 0) is 0 Å². The van der Waals surface area contributed by atoms with Crippen molar-refractivity contribution in [1.29, 1.82) is 0 Å². The Labute approximate surface area is 83.0 Å². The number of nitrogens with zero attached hydrogens (tertiary/aromatic N) is 3. The predicted octanol–water partition coefficient (Wildman–Crippen LogP) is -0.346. The molecule has 0 aliphatic carbocycles. The number of carboxylic acids is 1. The molecule has 7 nitrogen and oxygen atoms in total. The Hall–Kier alpha value is -2.44. The van der Waals surface area contributed by atoms with Gasteiger partial charge in [0.15, 0.2) is 0 Å². The molecule has 0 atom stereocenters. The molecule has 2 N–H and O–H groups in total. The fourth-order valence-electron chi connectivity index (χ4n) is 1.06. The molecule has 2 rings (SSSR count). The lowest BCUT2D eigenvalue weighted by atomic mass is 10.4. The largest absolute Gasteiger partial charge is 0.477 e. The van der Waals surface area contributed by atoms with Crippen molar-refractivity contribution in [2.45, 2.75) is 0 Å². The minimum Gasteiger partial charge on any atom is -0.477 e. The summed E-state index contributed by atoms with van der Waals surface area (Å²) < 4.78 is 0.962. The van der Waals surface area contributed by atoms with Gasteiger partial charge in [0, 0.05) is 18.5 Å². The van der Waals surface area contributed by atoms with Crippen molar-refractivity contribution < 1.29 is 9.90 Å². The van der Waals surface area contributed by atoms with Crippen LogP contribution < -0.4 is 5.56 Å². The lowest BCUT2D eigenvalue weighted by Crippen LogP contribution is -2.16. The monoisotopic (exact) mass is 206 g/mol. The quantitative estimate of drug-likeness (QED) is 0.699. The highest BCUT2D eigenvalue weighted by atomic mass is 16.4. The molecule has 2 aromatic rings. The van der Waals surface area contributed by atoms with Crippen molar-refractivity contribution in [2.24, 2.45) is 0 Å². The van der Waals surface area contributed by atoms with Crippen LogP contribution in [0.4, 0.5) is 0 Å². The Morgan fingerprint density at radius 2 is 2.07 bits per heavy atom. The molecule has 0 unspecified atom stereocenters. The third-order valence-electron chi connectivity index (χ3n) is 1.70. The summed E-state index contributed by atoms with van der Waals surface area (Å²) in [6.45, 7) is 0. The number of H-pyrrole nitrogens is 1. The number of carboxylic acid groups (broad SMARTS) is 1. The number of hydrogen-bond acceptors (Lipinski definition) is 4. The van der Waals surface area contributed by atoms with Crippen LogP contribution in [0.2, 0.25) is 0 Å². The van der Waals surface area contributed by atoms with E-state index in [9.17, 15) is 9.59 Å². The van der Waals surface area contributed by atoms with Gasteiger partial charge in [0.25, 0.3) is 11.5 Å². The lowest BCUT2D eigenvalue weighted by molar-refractivity contribution is 0.0690. The second-order valence-corrected chi connectivity index (χ2v) is 2.70. The minimum absolute atomic E-state index is 0.106. The second kappa shape index (κ2) is 3.37. The van der Waals surface area contributed by atoms with E-state index in [0.717, 1.165) is 10.7 Å². The second-order valence-electron chi connectivity index (χ2n) is 2.70. The predicted molar refractivity (Wildman–Crippen MR) is 48.9 cm³/mol. The number of carbonyl (C=O) groups is 1. The maximum absolute atomic E-state index is 11.3. The van der Waals surface area contributed by atoms with E-state index >= 15 is 0 Å². The van der Waals surface area contributed by atoms with Crippen molar-refractivity contribution in [2.75, 3.05) is 0 Å². The van der Waals surface area contributed by atoms with E-state index in [1.165, 1.54) is 12.4 Å². The van der Waals surface area contributed by atoms with Crippen LogP contribution >= 0.6 is 0 Å². The first-order chi connectivity index (χ1) is 7.18. The van der Waals surface area contributed by atoms with Crippen molar-refractivity contribution in [1.82, 2.24) is 19.7 Å². The maximum Gasteiger partial charge on any atom is 0.353 e. The van der Waals surface area contributed by atoms with Crippen molar-refractivity contribution in [3.63, 3.8) is 0 Å². The summed E-state index contributed by atoms with van der Waals surface area (Å²) in [5.41, 5.74) is -0.717. The maximum atomic E-state index is 11.3. The van der Waals surface area contributed by atoms with Gasteiger partial charge in [-0.15, -0.1) is 0 Å². The van der Waals surface area contributed by atoms with Crippen molar-refractivity contribution in [3.05, 3.63) is 40.6 Å². The molecule has 0 spiro atoms. The number of aromatic amines is 1. The molecular weight excluding hydrogens is 200 g/mol. The fourth-order valence-corrected chi connectivity index (χ4v) is 1.06. The summed E-state index contributed by atoms with van der Waals surface area (Å²) in [7, 11) is 0. The number of nitrogens with one attached hydrogen (secondary N) is 1. The molecule has 0 radical (unpaired) electrons. The van der Waals surface area contributed by atoms with Crippen LogP contribution in [0, 0.1) is 0 Å². The van der Waals surface area contributed by atoms with Gasteiger partial charge in [-0.25, -0.2) is 14.8 Å². The van der Waals surface area contributed by atoms with Gasteiger partial charge in [0.05, 0.1) is 0 Å². The van der Waals surface area contributed by atoms with Gasteiger partial charge in [-0.3, -0.25) is 9.89 Å². The Morgan fingerprint density at radius 3 is 2.60 bits per heavy atom. The summed E-state index contributed by atoms with van der Waals surface area (Å²) in [5.74, 6) is -1.10. The fraction of sp³-hybridized carbons (Fsp3) is 0. The third-order valence-corrected chi connectivity index (χ3v) is 1.70. The van der Waals surface area contributed by atoms with Gasteiger partial charge in [0.1, 0.15) is 5.69 Å². The summed E-state index contributed by atoms with van der Waals surface area (Å²) in [5, 5.41) is 11.0. The normalized spacial score (nSPS) is 10.1. The summed E-state index contributed by atoms with van der Waals surface area (Å²) in [6.07, 6.45) is 2.91. The van der Waals surface area contributed by atoms with E-state index in [2.05, 4.69) is 15.1 Å². The van der Waals surface area contributed by atoms with Crippen molar-refractivity contribution in [3.8, 4) is 5.95 Å². The van der Waals surface area contributed by atoms with Gasteiger partial charge in [-0.05, 0) is 6.07 Å². The summed E-state index contributed by atoms with van der Waals surface area (Å²) in [6, 6.07) is 2.56. The molecule has 0 aromatic carbocycles. The molecule has 76 valence electrons. The van der Waals surface area contributed by atoms with Gasteiger partial charge in [0.2, 0.25) is 0 Å². The van der Waals surface area contributed by atoms with E-state index in [1.807, 2.05) is 0 Å². The summed E-state index contributed by atoms with van der Waals surface area (Å²) >= 11 is 0. The highest BCUT2D eigenvalue weighted by Gasteiger charge is 2.11. The topological polar surface area (TPSA) is 101 Å². The van der Waals surface area contributed by atoms with Crippen LogP contribution in [-0.4, -0.2) is 30.8 Å². The van der Waals surface area contributed by atoms with Crippen LogP contribution in [0.25, 0.3) is 5.95 Å². The summed E-state index contributed by atoms with van der Waals surface area (Å²) in [4.78, 5) is 29.5. The SMILES string of the molecule is O=C(O)c1cc(=O)n(-c2ncccn2)[nH]1. The van der Waals surface area contributed by atoms with Gasteiger partial charge in [-0.2, -0.15) is 4.68 Å². The van der Waals surface area contributed by atoms with E-state index in [1.54, 1.807) is 6.07 Å².